The van der Waals surface area contributed by atoms with Crippen LogP contribution in [0.2, 0.25) is 0 Å². The number of fused-ring (bicyclic) bond motifs is 1. The monoisotopic (exact) mass is 549 g/mol. The van der Waals surface area contributed by atoms with E-state index in [0.717, 1.165) is 0 Å². The third kappa shape index (κ3) is 7.72. The van der Waals surface area contributed by atoms with E-state index >= 15 is 0 Å². The summed E-state index contributed by atoms with van der Waals surface area (Å²) in [5.41, 5.74) is 1.17. The smallest absolute Gasteiger partial charge is 0.255 e. The Morgan fingerprint density at radius 3 is 2.55 bits per heavy atom. The molecule has 3 aromatic carbocycles. The summed E-state index contributed by atoms with van der Waals surface area (Å²) in [7, 11) is 1.52. The number of amides is 3. The summed E-state index contributed by atoms with van der Waals surface area (Å²) < 4.78 is 30.4. The summed E-state index contributed by atoms with van der Waals surface area (Å²) in [5.74, 6) is 0.0421. The number of halogens is 1. The van der Waals surface area contributed by atoms with Crippen molar-refractivity contribution in [1.82, 2.24) is 16.0 Å². The molecule has 10 heteroatoms. The SMILES string of the molecule is COc1ccc2c(c1)OCCNC(=O)[C@@H](NC(=O)c1ccc(OCc3ccccc3F)cc1)CCCCNC2=O. The van der Waals surface area contributed by atoms with Crippen LogP contribution in [0, 0.1) is 5.82 Å². The van der Waals surface area contributed by atoms with Gasteiger partial charge in [0.1, 0.15) is 42.3 Å². The van der Waals surface area contributed by atoms with Gasteiger partial charge >= 0.3 is 0 Å². The van der Waals surface area contributed by atoms with Gasteiger partial charge in [-0.25, -0.2) is 4.39 Å². The van der Waals surface area contributed by atoms with Crippen LogP contribution in [0.4, 0.5) is 4.39 Å². The first-order chi connectivity index (χ1) is 19.4. The summed E-state index contributed by atoms with van der Waals surface area (Å²) in [6.07, 6.45) is 1.62. The molecule has 40 heavy (non-hydrogen) atoms. The van der Waals surface area contributed by atoms with Crippen LogP contribution in [0.15, 0.2) is 66.7 Å². The number of nitrogens with one attached hydrogen (secondary N) is 3. The number of carbonyl (C=O) groups excluding carboxylic acids is 3. The highest BCUT2D eigenvalue weighted by Gasteiger charge is 2.22. The number of benzene rings is 3. The Morgan fingerprint density at radius 1 is 1.00 bits per heavy atom. The maximum Gasteiger partial charge on any atom is 0.255 e. The normalized spacial score (nSPS) is 16.3. The predicted molar refractivity (Wildman–Crippen MR) is 146 cm³/mol. The zero-order valence-electron chi connectivity index (χ0n) is 22.2. The van der Waals surface area contributed by atoms with Crippen molar-refractivity contribution in [3.63, 3.8) is 0 Å². The van der Waals surface area contributed by atoms with Gasteiger partial charge in [-0.05, 0) is 61.7 Å². The van der Waals surface area contributed by atoms with E-state index in [0.29, 0.717) is 59.7 Å². The van der Waals surface area contributed by atoms with Crippen LogP contribution in [-0.2, 0) is 11.4 Å². The number of rotatable bonds is 6. The zero-order valence-corrected chi connectivity index (χ0v) is 22.2. The summed E-state index contributed by atoms with van der Waals surface area (Å²) in [4.78, 5) is 38.5. The predicted octanol–water partition coefficient (Wildman–Crippen LogP) is 3.62. The second kappa shape index (κ2) is 14.0. The summed E-state index contributed by atoms with van der Waals surface area (Å²) in [6.45, 7) is 0.760. The molecule has 1 heterocycles. The van der Waals surface area contributed by atoms with Gasteiger partial charge in [-0.2, -0.15) is 0 Å². The fraction of sp³-hybridized carbons (Fsp3) is 0.300. The molecule has 3 amide bonds. The molecule has 3 aromatic rings. The minimum absolute atomic E-state index is 0.0593. The van der Waals surface area contributed by atoms with Crippen LogP contribution in [-0.4, -0.2) is 50.6 Å². The van der Waals surface area contributed by atoms with E-state index in [9.17, 15) is 18.8 Å². The molecule has 0 saturated carbocycles. The Balaban J connectivity index is 1.35. The molecular weight excluding hydrogens is 517 g/mol. The molecule has 9 nitrogen and oxygen atoms in total. The van der Waals surface area contributed by atoms with Gasteiger partial charge in [0.15, 0.2) is 0 Å². The molecule has 1 aliphatic heterocycles. The Hall–Kier alpha value is -4.60. The fourth-order valence-corrected chi connectivity index (χ4v) is 4.16. The average Bonchev–Trinajstić information content (AvgIpc) is 2.97. The topological polar surface area (TPSA) is 115 Å². The largest absolute Gasteiger partial charge is 0.497 e. The summed E-state index contributed by atoms with van der Waals surface area (Å²) >= 11 is 0. The van der Waals surface area contributed by atoms with Crippen LogP contribution in [0.25, 0.3) is 0 Å². The number of hydrogen-bond acceptors (Lipinski definition) is 6. The van der Waals surface area contributed by atoms with Crippen LogP contribution < -0.4 is 30.2 Å². The molecule has 1 atom stereocenters. The van der Waals surface area contributed by atoms with Crippen molar-refractivity contribution in [3.8, 4) is 17.2 Å². The molecule has 0 unspecified atom stereocenters. The Morgan fingerprint density at radius 2 is 1.77 bits per heavy atom. The minimum atomic E-state index is -0.768. The Labute approximate surface area is 232 Å². The molecule has 0 radical (unpaired) electrons. The molecule has 3 N–H and O–H groups in total. The van der Waals surface area contributed by atoms with Gasteiger partial charge < -0.3 is 30.2 Å². The van der Waals surface area contributed by atoms with Gasteiger partial charge in [0.25, 0.3) is 11.8 Å². The van der Waals surface area contributed by atoms with Gasteiger partial charge in [-0.1, -0.05) is 18.2 Å². The number of ether oxygens (including phenoxy) is 3. The van der Waals surface area contributed by atoms with Gasteiger partial charge in [0, 0.05) is 23.7 Å². The highest BCUT2D eigenvalue weighted by Crippen LogP contribution is 2.25. The molecule has 4 rings (SSSR count). The lowest BCUT2D eigenvalue weighted by Crippen LogP contribution is -2.47. The van der Waals surface area contributed by atoms with Crippen LogP contribution in [0.1, 0.15) is 45.5 Å². The standard InChI is InChI=1S/C30H32FN3O6/c1-38-23-13-14-24-27(18-23)39-17-16-33-30(37)26(8-4-5-15-32-29(24)36)34-28(35)20-9-11-22(12-10-20)40-19-21-6-2-3-7-25(21)31/h2-3,6-7,9-14,18,26H,4-5,8,15-17,19H2,1H3,(H,32,36)(H,33,37)(H,34,35)/t26-/m0/s1. The summed E-state index contributed by atoms with van der Waals surface area (Å²) in [5, 5.41) is 8.47. The van der Waals surface area contributed by atoms with E-state index in [1.165, 1.54) is 13.2 Å². The van der Waals surface area contributed by atoms with Gasteiger partial charge in [0.05, 0.1) is 19.2 Å². The van der Waals surface area contributed by atoms with Crippen LogP contribution in [0.3, 0.4) is 0 Å². The molecule has 0 aliphatic carbocycles. The van der Waals surface area contributed by atoms with E-state index < -0.39 is 11.9 Å². The highest BCUT2D eigenvalue weighted by atomic mass is 19.1. The van der Waals surface area contributed by atoms with Gasteiger partial charge in [0.2, 0.25) is 5.91 Å². The fourth-order valence-electron chi connectivity index (χ4n) is 4.16. The Bertz CT molecular complexity index is 1330. The van der Waals surface area contributed by atoms with E-state index in [2.05, 4.69) is 16.0 Å². The Kier molecular flexibility index (Phi) is 9.93. The first-order valence-corrected chi connectivity index (χ1v) is 13.1. The van der Waals surface area contributed by atoms with Crippen molar-refractivity contribution >= 4 is 17.7 Å². The molecule has 0 spiro atoms. The van der Waals surface area contributed by atoms with Crippen molar-refractivity contribution in [2.24, 2.45) is 0 Å². The molecule has 1 aliphatic rings. The van der Waals surface area contributed by atoms with E-state index in [1.54, 1.807) is 60.7 Å². The van der Waals surface area contributed by atoms with E-state index in [4.69, 9.17) is 14.2 Å². The van der Waals surface area contributed by atoms with Crippen molar-refractivity contribution in [3.05, 3.63) is 89.2 Å². The average molecular weight is 550 g/mol. The molecule has 210 valence electrons. The van der Waals surface area contributed by atoms with Gasteiger partial charge in [-0.3, -0.25) is 14.4 Å². The van der Waals surface area contributed by atoms with Crippen molar-refractivity contribution in [2.75, 3.05) is 26.8 Å². The van der Waals surface area contributed by atoms with Crippen LogP contribution in [0.5, 0.6) is 17.2 Å². The first kappa shape index (κ1) is 28.4. The summed E-state index contributed by atoms with van der Waals surface area (Å²) in [6, 6.07) is 17.0. The number of carbonyl (C=O) groups is 3. The van der Waals surface area contributed by atoms with E-state index in [-0.39, 0.29) is 37.4 Å². The molecule has 0 aromatic heterocycles. The maximum absolute atomic E-state index is 13.8. The lowest BCUT2D eigenvalue weighted by atomic mass is 10.1. The maximum atomic E-state index is 13.8. The van der Waals surface area contributed by atoms with Crippen molar-refractivity contribution in [1.29, 1.82) is 0 Å². The quantitative estimate of drug-likeness (QED) is 0.433. The molecule has 0 fully saturated rings. The molecule has 0 bridgehead atoms. The highest BCUT2D eigenvalue weighted by molar-refractivity contribution is 5.98. The minimum Gasteiger partial charge on any atom is -0.497 e. The van der Waals surface area contributed by atoms with Crippen LogP contribution >= 0.6 is 0 Å². The van der Waals surface area contributed by atoms with E-state index in [1.807, 2.05) is 0 Å². The van der Waals surface area contributed by atoms with Gasteiger partial charge in [-0.15, -0.1) is 0 Å². The third-order valence-corrected chi connectivity index (χ3v) is 6.39. The lowest BCUT2D eigenvalue weighted by Gasteiger charge is -2.20. The second-order valence-electron chi connectivity index (χ2n) is 9.18. The first-order valence-electron chi connectivity index (χ1n) is 13.1. The second-order valence-corrected chi connectivity index (χ2v) is 9.18. The molecule has 0 saturated heterocycles. The lowest BCUT2D eigenvalue weighted by molar-refractivity contribution is -0.123. The zero-order chi connectivity index (χ0) is 28.3. The van der Waals surface area contributed by atoms with Crippen molar-refractivity contribution in [2.45, 2.75) is 31.9 Å². The third-order valence-electron chi connectivity index (χ3n) is 6.39. The molecular formula is C30H32FN3O6. The number of methoxy groups -OCH3 is 1. The van der Waals surface area contributed by atoms with Crippen molar-refractivity contribution < 1.29 is 33.0 Å². The number of hydrogen-bond donors (Lipinski definition) is 3.